The predicted octanol–water partition coefficient (Wildman–Crippen LogP) is 3.52. The van der Waals surface area contributed by atoms with Gasteiger partial charge in [-0.1, -0.05) is 23.2 Å². The molecule has 1 aliphatic heterocycles. The van der Waals surface area contributed by atoms with Crippen LogP contribution in [0, 0.1) is 5.92 Å². The van der Waals surface area contributed by atoms with Gasteiger partial charge in [-0.2, -0.15) is 0 Å². The average molecular weight is 272 g/mol. The summed E-state index contributed by atoms with van der Waals surface area (Å²) in [5.74, 6) is 0.320. The minimum Gasteiger partial charge on any atom is -0.306 e. The van der Waals surface area contributed by atoms with E-state index in [1.165, 1.54) is 0 Å². The first kappa shape index (κ1) is 12.9. The van der Waals surface area contributed by atoms with Gasteiger partial charge >= 0.3 is 0 Å². The molecule has 92 valence electrons. The summed E-state index contributed by atoms with van der Waals surface area (Å²) in [5, 5.41) is 0.942. The fourth-order valence-electron chi connectivity index (χ4n) is 2.16. The van der Waals surface area contributed by atoms with Gasteiger partial charge < -0.3 is 4.90 Å². The van der Waals surface area contributed by atoms with Gasteiger partial charge in [0, 0.05) is 11.5 Å². The Labute approximate surface area is 112 Å². The van der Waals surface area contributed by atoms with Crippen molar-refractivity contribution in [2.75, 3.05) is 20.1 Å². The molecule has 1 saturated heterocycles. The summed E-state index contributed by atoms with van der Waals surface area (Å²) in [6.07, 6.45) is 1.85. The number of rotatable bonds is 2. The maximum Gasteiger partial charge on any atom is 0.166 e. The van der Waals surface area contributed by atoms with Crippen molar-refractivity contribution in [1.82, 2.24) is 4.90 Å². The van der Waals surface area contributed by atoms with Crippen molar-refractivity contribution in [3.63, 3.8) is 0 Å². The summed E-state index contributed by atoms with van der Waals surface area (Å²) in [6.45, 7) is 1.97. The molecule has 0 spiro atoms. The Kier molecular flexibility index (Phi) is 4.08. The van der Waals surface area contributed by atoms with E-state index in [-0.39, 0.29) is 11.7 Å². The molecule has 0 N–H and O–H groups in total. The first-order valence-electron chi connectivity index (χ1n) is 5.75. The van der Waals surface area contributed by atoms with Gasteiger partial charge in [-0.15, -0.1) is 0 Å². The van der Waals surface area contributed by atoms with Crippen LogP contribution < -0.4 is 0 Å². The van der Waals surface area contributed by atoms with Crippen LogP contribution in [0.1, 0.15) is 23.2 Å². The van der Waals surface area contributed by atoms with Crippen molar-refractivity contribution in [3.8, 4) is 0 Å². The standard InChI is InChI=1S/C13H15Cl2NO/c1-16-6-4-9(5-7-16)13(17)10-2-3-11(14)12(15)8-10/h2-3,8-9H,4-7H2,1H3. The number of likely N-dealkylation sites (tertiary alicyclic amines) is 1. The molecule has 1 fully saturated rings. The number of hydrogen-bond donors (Lipinski definition) is 0. The number of carbonyl (C=O) groups is 1. The molecule has 1 aliphatic rings. The number of piperidine rings is 1. The Morgan fingerprint density at radius 1 is 1.24 bits per heavy atom. The fourth-order valence-corrected chi connectivity index (χ4v) is 2.45. The third-order valence-corrected chi connectivity index (χ3v) is 4.03. The number of nitrogens with zero attached hydrogens (tertiary/aromatic N) is 1. The minimum absolute atomic E-state index is 0.128. The Morgan fingerprint density at radius 2 is 1.88 bits per heavy atom. The van der Waals surface area contributed by atoms with E-state index in [1.807, 2.05) is 0 Å². The van der Waals surface area contributed by atoms with Crippen molar-refractivity contribution >= 4 is 29.0 Å². The van der Waals surface area contributed by atoms with E-state index in [9.17, 15) is 4.79 Å². The van der Waals surface area contributed by atoms with Crippen LogP contribution in [0.5, 0.6) is 0 Å². The quantitative estimate of drug-likeness (QED) is 0.768. The van der Waals surface area contributed by atoms with Crippen LogP contribution in [0.25, 0.3) is 0 Å². The summed E-state index contributed by atoms with van der Waals surface area (Å²) < 4.78 is 0. The molecule has 0 radical (unpaired) electrons. The van der Waals surface area contributed by atoms with Crippen LogP contribution >= 0.6 is 23.2 Å². The molecule has 4 heteroatoms. The molecule has 0 aromatic heterocycles. The second kappa shape index (κ2) is 5.38. The molecule has 0 amide bonds. The molecule has 0 bridgehead atoms. The van der Waals surface area contributed by atoms with Gasteiger partial charge in [0.15, 0.2) is 5.78 Å². The summed E-state index contributed by atoms with van der Waals surface area (Å²) in [4.78, 5) is 14.5. The SMILES string of the molecule is CN1CCC(C(=O)c2ccc(Cl)c(Cl)c2)CC1. The van der Waals surface area contributed by atoms with Crippen LogP contribution in [-0.4, -0.2) is 30.8 Å². The number of hydrogen-bond acceptors (Lipinski definition) is 2. The van der Waals surface area contributed by atoms with E-state index >= 15 is 0 Å². The Morgan fingerprint density at radius 3 is 2.47 bits per heavy atom. The highest BCUT2D eigenvalue weighted by Gasteiger charge is 2.24. The molecule has 1 aromatic carbocycles. The first-order chi connectivity index (χ1) is 8.08. The van der Waals surface area contributed by atoms with Crippen molar-refractivity contribution in [2.24, 2.45) is 5.92 Å². The Bertz CT molecular complexity index is 425. The molecule has 0 aliphatic carbocycles. The lowest BCUT2D eigenvalue weighted by atomic mass is 9.89. The fraction of sp³-hybridized carbons (Fsp3) is 0.462. The van der Waals surface area contributed by atoms with Crippen molar-refractivity contribution in [2.45, 2.75) is 12.8 Å². The zero-order chi connectivity index (χ0) is 12.4. The minimum atomic E-state index is 0.128. The second-order valence-electron chi connectivity index (χ2n) is 4.57. The molecular formula is C13H15Cl2NO. The van der Waals surface area contributed by atoms with Gasteiger partial charge in [-0.05, 0) is 51.2 Å². The van der Waals surface area contributed by atoms with Crippen LogP contribution in [0.15, 0.2) is 18.2 Å². The van der Waals surface area contributed by atoms with E-state index in [1.54, 1.807) is 18.2 Å². The lowest BCUT2D eigenvalue weighted by molar-refractivity contribution is 0.0857. The van der Waals surface area contributed by atoms with E-state index in [2.05, 4.69) is 11.9 Å². The van der Waals surface area contributed by atoms with Crippen LogP contribution in [0.2, 0.25) is 10.0 Å². The zero-order valence-corrected chi connectivity index (χ0v) is 11.3. The zero-order valence-electron chi connectivity index (χ0n) is 9.75. The maximum atomic E-state index is 12.2. The molecule has 0 saturated carbocycles. The number of Topliss-reactive ketones (excluding diaryl/α,β-unsaturated/α-hetero) is 1. The summed E-state index contributed by atoms with van der Waals surface area (Å²) in [6, 6.07) is 5.12. The average Bonchev–Trinajstić information content (AvgIpc) is 2.33. The predicted molar refractivity (Wildman–Crippen MR) is 71.0 cm³/mol. The highest BCUT2D eigenvalue weighted by atomic mass is 35.5. The van der Waals surface area contributed by atoms with E-state index in [4.69, 9.17) is 23.2 Å². The van der Waals surface area contributed by atoms with Crippen LogP contribution in [-0.2, 0) is 0 Å². The maximum absolute atomic E-state index is 12.2. The van der Waals surface area contributed by atoms with E-state index < -0.39 is 0 Å². The van der Waals surface area contributed by atoms with Crippen LogP contribution in [0.3, 0.4) is 0 Å². The molecule has 17 heavy (non-hydrogen) atoms. The number of benzene rings is 1. The van der Waals surface area contributed by atoms with Gasteiger partial charge in [0.2, 0.25) is 0 Å². The third kappa shape index (κ3) is 3.01. The summed E-state index contributed by atoms with van der Waals surface area (Å²) >= 11 is 11.8. The van der Waals surface area contributed by atoms with Gasteiger partial charge in [-0.25, -0.2) is 0 Å². The van der Waals surface area contributed by atoms with Crippen LogP contribution in [0.4, 0.5) is 0 Å². The molecule has 1 aromatic rings. The van der Waals surface area contributed by atoms with Crippen molar-refractivity contribution in [1.29, 1.82) is 0 Å². The second-order valence-corrected chi connectivity index (χ2v) is 5.39. The lowest BCUT2D eigenvalue weighted by Gasteiger charge is -2.28. The van der Waals surface area contributed by atoms with Crippen molar-refractivity contribution in [3.05, 3.63) is 33.8 Å². The highest BCUT2D eigenvalue weighted by molar-refractivity contribution is 6.42. The van der Waals surface area contributed by atoms with E-state index in [0.29, 0.717) is 15.6 Å². The van der Waals surface area contributed by atoms with Gasteiger partial charge in [-0.3, -0.25) is 4.79 Å². The molecule has 1 heterocycles. The lowest BCUT2D eigenvalue weighted by Crippen LogP contribution is -2.33. The molecule has 2 rings (SSSR count). The van der Waals surface area contributed by atoms with Gasteiger partial charge in [0.1, 0.15) is 0 Å². The normalized spacial score (nSPS) is 18.3. The monoisotopic (exact) mass is 271 g/mol. The largest absolute Gasteiger partial charge is 0.306 e. The topological polar surface area (TPSA) is 20.3 Å². The van der Waals surface area contributed by atoms with Gasteiger partial charge in [0.25, 0.3) is 0 Å². The smallest absolute Gasteiger partial charge is 0.166 e. The molecule has 2 nitrogen and oxygen atoms in total. The Hall–Kier alpha value is -0.570. The third-order valence-electron chi connectivity index (χ3n) is 3.29. The number of ketones is 1. The molecule has 0 unspecified atom stereocenters. The Balaban J connectivity index is 2.11. The highest BCUT2D eigenvalue weighted by Crippen LogP contribution is 2.26. The number of carbonyl (C=O) groups excluding carboxylic acids is 1. The van der Waals surface area contributed by atoms with Gasteiger partial charge in [0.05, 0.1) is 10.0 Å². The number of halogens is 2. The summed E-state index contributed by atoms with van der Waals surface area (Å²) in [7, 11) is 2.08. The molecule has 0 atom stereocenters. The summed E-state index contributed by atoms with van der Waals surface area (Å²) in [5.41, 5.74) is 0.675. The molecular weight excluding hydrogens is 257 g/mol. The van der Waals surface area contributed by atoms with Crippen molar-refractivity contribution < 1.29 is 4.79 Å². The van der Waals surface area contributed by atoms with E-state index in [0.717, 1.165) is 25.9 Å². The first-order valence-corrected chi connectivity index (χ1v) is 6.51.